The first-order chi connectivity index (χ1) is 14.0. The molecule has 0 unspecified atom stereocenters. The van der Waals surface area contributed by atoms with Crippen LogP contribution in [0.15, 0.2) is 66.4 Å². The minimum Gasteiger partial charge on any atom is -0.349 e. The van der Waals surface area contributed by atoms with Crippen LogP contribution in [0.4, 0.5) is 0 Å². The molecule has 1 heterocycles. The lowest BCUT2D eigenvalue weighted by molar-refractivity contribution is -0.117. The number of hydrogen-bond donors (Lipinski definition) is 1. The van der Waals surface area contributed by atoms with Crippen LogP contribution >= 0.6 is 0 Å². The molecule has 0 radical (unpaired) electrons. The van der Waals surface area contributed by atoms with E-state index in [1.807, 2.05) is 92.3 Å². The van der Waals surface area contributed by atoms with Crippen molar-refractivity contribution in [3.63, 3.8) is 0 Å². The number of hydrogen-bond acceptors (Lipinski definition) is 3. The van der Waals surface area contributed by atoms with Crippen molar-refractivity contribution in [2.45, 2.75) is 33.4 Å². The second kappa shape index (κ2) is 9.03. The summed E-state index contributed by atoms with van der Waals surface area (Å²) in [6.07, 6.45) is 3.49. The molecule has 5 heteroatoms. The Bertz CT molecular complexity index is 1070. The van der Waals surface area contributed by atoms with Gasteiger partial charge in [0.15, 0.2) is 0 Å². The fourth-order valence-electron chi connectivity index (χ4n) is 3.05. The molecule has 3 aromatic rings. The van der Waals surface area contributed by atoms with Gasteiger partial charge in [-0.15, -0.1) is 0 Å². The second-order valence-corrected chi connectivity index (χ2v) is 7.28. The van der Waals surface area contributed by atoms with E-state index in [0.29, 0.717) is 6.54 Å². The Kier molecular flexibility index (Phi) is 6.25. The minimum atomic E-state index is -0.381. The summed E-state index contributed by atoms with van der Waals surface area (Å²) < 4.78 is 1.84. The standard InChI is InChI=1S/C24H24N4O/c1-17(2)26-24(29)21(14-25)13-22-16-28(15-19-9-5-4-6-10-19)27-23(22)20-11-7-8-18(3)12-20/h4-13,16-17H,15H2,1-3H3,(H,26,29)/b21-13+. The highest BCUT2D eigenvalue weighted by Crippen LogP contribution is 2.25. The molecule has 0 saturated carbocycles. The van der Waals surface area contributed by atoms with Crippen LogP contribution in [0.25, 0.3) is 17.3 Å². The highest BCUT2D eigenvalue weighted by Gasteiger charge is 2.15. The van der Waals surface area contributed by atoms with E-state index >= 15 is 0 Å². The van der Waals surface area contributed by atoms with Crippen molar-refractivity contribution in [1.82, 2.24) is 15.1 Å². The number of aromatic nitrogens is 2. The van der Waals surface area contributed by atoms with Gasteiger partial charge in [0, 0.05) is 23.4 Å². The van der Waals surface area contributed by atoms with Crippen LogP contribution in [0, 0.1) is 18.3 Å². The number of amides is 1. The average molecular weight is 384 g/mol. The quantitative estimate of drug-likeness (QED) is 0.508. The van der Waals surface area contributed by atoms with E-state index in [0.717, 1.165) is 27.9 Å². The zero-order valence-corrected chi connectivity index (χ0v) is 16.9. The number of nitrogens with one attached hydrogen (secondary N) is 1. The molecule has 29 heavy (non-hydrogen) atoms. The number of carbonyl (C=O) groups is 1. The van der Waals surface area contributed by atoms with Crippen LogP contribution in [0.5, 0.6) is 0 Å². The molecule has 0 fully saturated rings. The van der Waals surface area contributed by atoms with E-state index in [4.69, 9.17) is 5.10 Å². The summed E-state index contributed by atoms with van der Waals surface area (Å²) in [6, 6.07) is 20.1. The second-order valence-electron chi connectivity index (χ2n) is 7.28. The molecule has 1 amide bonds. The third-order valence-electron chi connectivity index (χ3n) is 4.35. The summed E-state index contributed by atoms with van der Waals surface area (Å²) in [5, 5.41) is 17.0. The van der Waals surface area contributed by atoms with Gasteiger partial charge in [0.2, 0.25) is 0 Å². The number of rotatable bonds is 6. The molecule has 3 rings (SSSR count). The molecule has 0 bridgehead atoms. The SMILES string of the molecule is Cc1cccc(-c2nn(Cc3ccccc3)cc2/C=C(\C#N)C(=O)NC(C)C)c1. The predicted molar refractivity (Wildman–Crippen MR) is 115 cm³/mol. The highest BCUT2D eigenvalue weighted by molar-refractivity contribution is 6.02. The van der Waals surface area contributed by atoms with Crippen LogP contribution in [-0.2, 0) is 11.3 Å². The Morgan fingerprint density at radius 3 is 2.62 bits per heavy atom. The molecule has 1 N–H and O–H groups in total. The summed E-state index contributed by atoms with van der Waals surface area (Å²) >= 11 is 0. The van der Waals surface area contributed by atoms with E-state index in [1.54, 1.807) is 6.08 Å². The molecule has 0 saturated heterocycles. The van der Waals surface area contributed by atoms with Crippen molar-refractivity contribution in [3.8, 4) is 17.3 Å². The van der Waals surface area contributed by atoms with Crippen molar-refractivity contribution in [2.24, 2.45) is 0 Å². The fraction of sp³-hybridized carbons (Fsp3) is 0.208. The van der Waals surface area contributed by atoms with E-state index in [9.17, 15) is 10.1 Å². The highest BCUT2D eigenvalue weighted by atomic mass is 16.1. The molecule has 5 nitrogen and oxygen atoms in total. The number of aryl methyl sites for hydroxylation is 1. The average Bonchev–Trinajstić information content (AvgIpc) is 3.08. The van der Waals surface area contributed by atoms with Gasteiger partial charge in [-0.3, -0.25) is 9.48 Å². The first-order valence-electron chi connectivity index (χ1n) is 9.57. The molecule has 146 valence electrons. The third-order valence-corrected chi connectivity index (χ3v) is 4.35. The van der Waals surface area contributed by atoms with Gasteiger partial charge in [-0.2, -0.15) is 10.4 Å². The van der Waals surface area contributed by atoms with E-state index < -0.39 is 0 Å². The van der Waals surface area contributed by atoms with Gasteiger partial charge < -0.3 is 5.32 Å². The van der Waals surface area contributed by atoms with E-state index in [2.05, 4.69) is 5.32 Å². The fourth-order valence-corrected chi connectivity index (χ4v) is 3.05. The Morgan fingerprint density at radius 1 is 1.21 bits per heavy atom. The molecular weight excluding hydrogens is 360 g/mol. The smallest absolute Gasteiger partial charge is 0.262 e. The zero-order valence-electron chi connectivity index (χ0n) is 16.9. The van der Waals surface area contributed by atoms with Crippen molar-refractivity contribution >= 4 is 12.0 Å². The lowest BCUT2D eigenvalue weighted by atomic mass is 10.0. The van der Waals surface area contributed by atoms with Gasteiger partial charge in [-0.1, -0.05) is 54.1 Å². The normalized spacial score (nSPS) is 11.3. The van der Waals surface area contributed by atoms with E-state index in [-0.39, 0.29) is 17.5 Å². The van der Waals surface area contributed by atoms with Gasteiger partial charge in [0.25, 0.3) is 5.91 Å². The molecule has 2 aromatic carbocycles. The molecular formula is C24H24N4O. The van der Waals surface area contributed by atoms with Crippen LogP contribution in [-0.4, -0.2) is 21.7 Å². The van der Waals surface area contributed by atoms with Crippen LogP contribution in [0.1, 0.15) is 30.5 Å². The van der Waals surface area contributed by atoms with Gasteiger partial charge in [-0.25, -0.2) is 0 Å². The Labute approximate surface area is 171 Å². The first-order valence-corrected chi connectivity index (χ1v) is 9.57. The Balaban J connectivity index is 2.05. The monoisotopic (exact) mass is 384 g/mol. The van der Waals surface area contributed by atoms with Crippen molar-refractivity contribution < 1.29 is 4.79 Å². The number of nitrogens with zero attached hydrogens (tertiary/aromatic N) is 3. The predicted octanol–water partition coefficient (Wildman–Crippen LogP) is 4.34. The number of benzene rings is 2. The van der Waals surface area contributed by atoms with Crippen LogP contribution in [0.2, 0.25) is 0 Å². The minimum absolute atomic E-state index is 0.0451. The van der Waals surface area contributed by atoms with Crippen LogP contribution < -0.4 is 5.32 Å². The topological polar surface area (TPSA) is 70.7 Å². The van der Waals surface area contributed by atoms with Crippen molar-refractivity contribution in [1.29, 1.82) is 5.26 Å². The number of nitriles is 1. The summed E-state index contributed by atoms with van der Waals surface area (Å²) in [7, 11) is 0. The summed E-state index contributed by atoms with van der Waals surface area (Å²) in [4.78, 5) is 12.4. The van der Waals surface area contributed by atoms with Gasteiger partial charge in [-0.05, 0) is 38.5 Å². The van der Waals surface area contributed by atoms with Gasteiger partial charge in [0.05, 0.1) is 12.2 Å². The van der Waals surface area contributed by atoms with Crippen LogP contribution in [0.3, 0.4) is 0 Å². The number of carbonyl (C=O) groups excluding carboxylic acids is 1. The van der Waals surface area contributed by atoms with Crippen molar-refractivity contribution in [2.75, 3.05) is 0 Å². The molecule has 0 aliphatic heterocycles. The first kappa shape index (κ1) is 20.1. The summed E-state index contributed by atoms with van der Waals surface area (Å²) in [5.74, 6) is -0.381. The molecule has 0 aliphatic rings. The molecule has 1 aromatic heterocycles. The van der Waals surface area contributed by atoms with E-state index in [1.165, 1.54) is 0 Å². The largest absolute Gasteiger partial charge is 0.349 e. The Hall–Kier alpha value is -3.65. The lowest BCUT2D eigenvalue weighted by Crippen LogP contribution is -2.30. The summed E-state index contributed by atoms with van der Waals surface area (Å²) in [6.45, 7) is 6.36. The maximum absolute atomic E-state index is 12.4. The van der Waals surface area contributed by atoms with Crippen molar-refractivity contribution in [3.05, 3.63) is 83.1 Å². The lowest BCUT2D eigenvalue weighted by Gasteiger charge is -2.07. The molecule has 0 spiro atoms. The summed E-state index contributed by atoms with van der Waals surface area (Å²) in [5.41, 5.74) is 4.74. The third kappa shape index (κ3) is 5.20. The maximum atomic E-state index is 12.4. The zero-order chi connectivity index (χ0) is 20.8. The molecule has 0 aliphatic carbocycles. The maximum Gasteiger partial charge on any atom is 0.262 e. The molecule has 0 atom stereocenters. The van der Waals surface area contributed by atoms with Gasteiger partial charge >= 0.3 is 0 Å². The Morgan fingerprint density at radius 2 is 1.97 bits per heavy atom. The van der Waals surface area contributed by atoms with Gasteiger partial charge in [0.1, 0.15) is 11.6 Å².